The summed E-state index contributed by atoms with van der Waals surface area (Å²) in [6, 6.07) is 4.21. The average molecular weight is 396 g/mol. The zero-order chi connectivity index (χ0) is 18.3. The summed E-state index contributed by atoms with van der Waals surface area (Å²) in [4.78, 5) is 9.84. The van der Waals surface area contributed by atoms with E-state index in [0.29, 0.717) is 20.4 Å². The van der Waals surface area contributed by atoms with Gasteiger partial charge >= 0.3 is 0 Å². The second-order valence-corrected chi connectivity index (χ2v) is 7.67. The van der Waals surface area contributed by atoms with Crippen molar-refractivity contribution in [2.75, 3.05) is 32.7 Å². The second kappa shape index (κ2) is 7.11. The molecule has 2 aromatic heterocycles. The van der Waals surface area contributed by atoms with Crippen molar-refractivity contribution in [3.05, 3.63) is 45.8 Å². The molecule has 0 radical (unpaired) electrons. The lowest BCUT2D eigenvalue weighted by molar-refractivity contribution is 0.112. The van der Waals surface area contributed by atoms with Crippen LogP contribution in [0, 0.1) is 5.82 Å². The molecule has 9 heteroatoms. The Bertz CT molecular complexity index is 901. The predicted molar refractivity (Wildman–Crippen MR) is 99.5 cm³/mol. The van der Waals surface area contributed by atoms with Gasteiger partial charge in [-0.2, -0.15) is 9.61 Å². The molecule has 1 atom stereocenters. The quantitative estimate of drug-likeness (QED) is 0.736. The number of benzene rings is 1. The van der Waals surface area contributed by atoms with Crippen LogP contribution in [0.3, 0.4) is 0 Å². The van der Waals surface area contributed by atoms with Crippen molar-refractivity contribution in [1.82, 2.24) is 24.4 Å². The van der Waals surface area contributed by atoms with Crippen LogP contribution in [0.1, 0.15) is 23.4 Å². The highest BCUT2D eigenvalue weighted by atomic mass is 35.5. The van der Waals surface area contributed by atoms with Gasteiger partial charge in [0.05, 0.1) is 10.9 Å². The molecule has 0 spiro atoms. The van der Waals surface area contributed by atoms with Crippen LogP contribution in [0.2, 0.25) is 5.02 Å². The largest absolute Gasteiger partial charge is 0.492 e. The Hall–Kier alpha value is -1.74. The first-order valence-corrected chi connectivity index (χ1v) is 9.71. The Kier molecular flexibility index (Phi) is 4.83. The van der Waals surface area contributed by atoms with E-state index >= 15 is 0 Å². The van der Waals surface area contributed by atoms with Crippen LogP contribution in [0.25, 0.3) is 4.96 Å². The molecule has 1 aliphatic rings. The van der Waals surface area contributed by atoms with E-state index in [-0.39, 0.29) is 11.7 Å². The smallest absolute Gasteiger partial charge is 0.230 e. The van der Waals surface area contributed by atoms with Gasteiger partial charge in [0.15, 0.2) is 0 Å². The van der Waals surface area contributed by atoms with E-state index in [0.717, 1.165) is 32.7 Å². The van der Waals surface area contributed by atoms with Crippen LogP contribution in [-0.2, 0) is 0 Å². The van der Waals surface area contributed by atoms with Crippen LogP contribution in [0.4, 0.5) is 4.39 Å². The summed E-state index contributed by atoms with van der Waals surface area (Å²) in [5, 5.41) is 15.1. The van der Waals surface area contributed by atoms with Gasteiger partial charge in [-0.3, -0.25) is 4.90 Å². The summed E-state index contributed by atoms with van der Waals surface area (Å²) in [7, 11) is 0. The minimum absolute atomic E-state index is 0.00950. The fourth-order valence-electron chi connectivity index (χ4n) is 3.46. The molecule has 1 saturated heterocycles. The number of likely N-dealkylation sites (N-methyl/N-ethyl adjacent to an activating group) is 1. The van der Waals surface area contributed by atoms with Crippen LogP contribution >= 0.6 is 22.9 Å². The topological polar surface area (TPSA) is 56.9 Å². The van der Waals surface area contributed by atoms with Crippen molar-refractivity contribution in [3.63, 3.8) is 0 Å². The molecule has 0 bridgehead atoms. The molecule has 1 unspecified atom stereocenters. The van der Waals surface area contributed by atoms with E-state index in [1.165, 1.54) is 28.2 Å². The third kappa shape index (κ3) is 2.96. The van der Waals surface area contributed by atoms with Crippen molar-refractivity contribution >= 4 is 27.9 Å². The number of rotatable bonds is 4. The van der Waals surface area contributed by atoms with Crippen LogP contribution in [0.5, 0.6) is 5.88 Å². The molecule has 3 heterocycles. The van der Waals surface area contributed by atoms with Gasteiger partial charge in [0.25, 0.3) is 0 Å². The lowest BCUT2D eigenvalue weighted by atomic mass is 10.0. The minimum atomic E-state index is -0.476. The standard InChI is InChI=1S/C17H19ClFN5OS/c1-2-22-6-8-23(9-7-22)14(13-11(18)4-3-5-12(13)19)15-16(25)24-17(26-15)20-10-21-24/h3-5,10,14,25H,2,6-9H2,1H3. The summed E-state index contributed by atoms with van der Waals surface area (Å²) in [5.41, 5.74) is 0.388. The molecule has 138 valence electrons. The molecule has 1 fully saturated rings. The predicted octanol–water partition coefficient (Wildman–Crippen LogP) is 3.02. The van der Waals surface area contributed by atoms with Gasteiger partial charge in [0.1, 0.15) is 12.1 Å². The van der Waals surface area contributed by atoms with E-state index in [1.54, 1.807) is 12.1 Å². The highest BCUT2D eigenvalue weighted by Gasteiger charge is 2.34. The molecule has 4 rings (SSSR count). The van der Waals surface area contributed by atoms with E-state index in [4.69, 9.17) is 11.6 Å². The number of aromatic nitrogens is 3. The van der Waals surface area contributed by atoms with Gasteiger partial charge in [0.2, 0.25) is 10.8 Å². The van der Waals surface area contributed by atoms with Gasteiger partial charge < -0.3 is 10.0 Å². The van der Waals surface area contributed by atoms with Gasteiger partial charge in [0, 0.05) is 36.8 Å². The maximum absolute atomic E-state index is 14.8. The average Bonchev–Trinajstić information content (AvgIpc) is 3.22. The first-order chi connectivity index (χ1) is 12.6. The fraction of sp³-hybridized carbons (Fsp3) is 0.412. The lowest BCUT2D eigenvalue weighted by Gasteiger charge is -2.39. The molecular weight excluding hydrogens is 377 g/mol. The number of hydrogen-bond acceptors (Lipinski definition) is 6. The number of halogens is 2. The molecule has 1 aliphatic heterocycles. The summed E-state index contributed by atoms with van der Waals surface area (Å²) < 4.78 is 16.1. The first kappa shape index (κ1) is 17.7. The van der Waals surface area contributed by atoms with E-state index < -0.39 is 6.04 Å². The van der Waals surface area contributed by atoms with E-state index in [1.807, 2.05) is 0 Å². The van der Waals surface area contributed by atoms with Crippen molar-refractivity contribution in [2.45, 2.75) is 13.0 Å². The maximum Gasteiger partial charge on any atom is 0.230 e. The monoisotopic (exact) mass is 395 g/mol. The number of nitrogens with zero attached hydrogens (tertiary/aromatic N) is 5. The van der Waals surface area contributed by atoms with Gasteiger partial charge in [-0.15, -0.1) is 0 Å². The molecule has 1 aromatic carbocycles. The molecule has 0 amide bonds. The second-order valence-electron chi connectivity index (χ2n) is 6.25. The summed E-state index contributed by atoms with van der Waals surface area (Å²) in [5.74, 6) is -0.386. The van der Waals surface area contributed by atoms with Crippen LogP contribution in [0.15, 0.2) is 24.5 Å². The Morgan fingerprint density at radius 3 is 2.73 bits per heavy atom. The van der Waals surface area contributed by atoms with Gasteiger partial charge in [-0.25, -0.2) is 9.37 Å². The summed E-state index contributed by atoms with van der Waals surface area (Å²) in [6.45, 7) is 6.42. The minimum Gasteiger partial charge on any atom is -0.492 e. The van der Waals surface area contributed by atoms with Crippen molar-refractivity contribution < 1.29 is 9.50 Å². The lowest BCUT2D eigenvalue weighted by Crippen LogP contribution is -2.47. The number of aromatic hydroxyl groups is 1. The number of hydrogen-bond donors (Lipinski definition) is 1. The molecule has 26 heavy (non-hydrogen) atoms. The zero-order valence-corrected chi connectivity index (χ0v) is 15.8. The first-order valence-electron chi connectivity index (χ1n) is 8.51. The highest BCUT2D eigenvalue weighted by molar-refractivity contribution is 7.17. The van der Waals surface area contributed by atoms with Gasteiger partial charge in [-0.1, -0.05) is 35.9 Å². The molecule has 0 saturated carbocycles. The Balaban J connectivity index is 1.82. The van der Waals surface area contributed by atoms with Crippen molar-refractivity contribution in [3.8, 4) is 5.88 Å². The van der Waals surface area contributed by atoms with Crippen molar-refractivity contribution in [2.24, 2.45) is 0 Å². The summed E-state index contributed by atoms with van der Waals surface area (Å²) in [6.07, 6.45) is 1.39. The Morgan fingerprint density at radius 2 is 2.08 bits per heavy atom. The highest BCUT2D eigenvalue weighted by Crippen LogP contribution is 2.42. The van der Waals surface area contributed by atoms with Gasteiger partial charge in [-0.05, 0) is 18.7 Å². The Labute approximate surface area is 159 Å². The molecular formula is C17H19ClFN5OS. The van der Waals surface area contributed by atoms with Crippen LogP contribution < -0.4 is 0 Å². The van der Waals surface area contributed by atoms with E-state index in [9.17, 15) is 9.50 Å². The number of fused-ring (bicyclic) bond motifs is 1. The molecule has 3 aromatic rings. The Morgan fingerprint density at radius 1 is 1.31 bits per heavy atom. The zero-order valence-electron chi connectivity index (χ0n) is 14.3. The molecule has 0 aliphatic carbocycles. The molecule has 6 nitrogen and oxygen atoms in total. The normalized spacial score (nSPS) is 17.8. The van der Waals surface area contributed by atoms with Crippen LogP contribution in [-0.4, -0.2) is 62.2 Å². The fourth-order valence-corrected chi connectivity index (χ4v) is 4.80. The SMILES string of the molecule is CCN1CCN(C(c2sc3ncnn3c2O)c2c(F)cccc2Cl)CC1. The maximum atomic E-state index is 14.8. The van der Waals surface area contributed by atoms with Crippen molar-refractivity contribution in [1.29, 1.82) is 0 Å². The third-order valence-corrected chi connectivity index (χ3v) is 6.30. The number of piperazine rings is 1. The van der Waals surface area contributed by atoms with E-state index in [2.05, 4.69) is 26.8 Å². The summed E-state index contributed by atoms with van der Waals surface area (Å²) >= 11 is 7.69. The molecule has 1 N–H and O–H groups in total. The number of thiazole rings is 1. The third-order valence-electron chi connectivity index (χ3n) is 4.88.